The van der Waals surface area contributed by atoms with Crippen LogP contribution >= 0.6 is 0 Å². The van der Waals surface area contributed by atoms with E-state index in [4.69, 9.17) is 0 Å². The van der Waals surface area contributed by atoms with Crippen LogP contribution in [0.15, 0.2) is 47.8 Å². The van der Waals surface area contributed by atoms with Crippen molar-refractivity contribution in [1.29, 1.82) is 0 Å². The number of allylic oxidation sites excluding steroid dienone is 4. The van der Waals surface area contributed by atoms with Crippen LogP contribution in [0.2, 0.25) is 0 Å². The van der Waals surface area contributed by atoms with E-state index in [9.17, 15) is 9.59 Å². The number of amides is 2. The average Bonchev–Trinajstić information content (AvgIpc) is 2.56. The summed E-state index contributed by atoms with van der Waals surface area (Å²) in [5.74, 6) is -0.535. The summed E-state index contributed by atoms with van der Waals surface area (Å²) in [6, 6.07) is 6.39. The topological polar surface area (TPSA) is 82.3 Å². The van der Waals surface area contributed by atoms with Crippen molar-refractivity contribution in [3.63, 3.8) is 0 Å². The molecule has 0 saturated heterocycles. The van der Waals surface area contributed by atoms with E-state index in [0.29, 0.717) is 11.1 Å². The lowest BCUT2D eigenvalue weighted by Crippen LogP contribution is -2.36. The Balaban J connectivity index is 2.62. The summed E-state index contributed by atoms with van der Waals surface area (Å²) in [6.07, 6.45) is 3.68. The van der Waals surface area contributed by atoms with Crippen LogP contribution in [0.4, 0.5) is 0 Å². The van der Waals surface area contributed by atoms with Gasteiger partial charge in [-0.3, -0.25) is 20.4 Å². The van der Waals surface area contributed by atoms with Gasteiger partial charge in [0.2, 0.25) is 0 Å². The standard InChI is InChI=1S/C16H22N4O2/c1-5-11(3)17-19-15(21)13-7-9-14(10-8-13)16(22)20-18-12(4)6-2/h5-10,17-18H,1-4H3,(H,19,21)(H,20,22)/b11-5+,12-6?. The Hall–Kier alpha value is -2.76. The van der Waals surface area contributed by atoms with Gasteiger partial charge in [0, 0.05) is 22.5 Å². The van der Waals surface area contributed by atoms with Crippen LogP contribution in [-0.2, 0) is 0 Å². The first-order chi connectivity index (χ1) is 10.5. The van der Waals surface area contributed by atoms with Gasteiger partial charge in [-0.1, -0.05) is 12.2 Å². The molecule has 0 spiro atoms. The summed E-state index contributed by atoms with van der Waals surface area (Å²) in [7, 11) is 0. The second-order valence-corrected chi connectivity index (χ2v) is 4.68. The summed E-state index contributed by atoms with van der Waals surface area (Å²) in [5.41, 5.74) is 13.3. The van der Waals surface area contributed by atoms with Gasteiger partial charge in [-0.05, 0) is 52.0 Å². The predicted octanol–water partition coefficient (Wildman–Crippen LogP) is 2.00. The summed E-state index contributed by atoms with van der Waals surface area (Å²) in [5, 5.41) is 0. The number of hydrazine groups is 2. The Morgan fingerprint density at radius 1 is 0.727 bits per heavy atom. The minimum atomic E-state index is -0.268. The summed E-state index contributed by atoms with van der Waals surface area (Å²) >= 11 is 0. The zero-order valence-electron chi connectivity index (χ0n) is 13.3. The molecule has 1 aromatic carbocycles. The minimum absolute atomic E-state index is 0.268. The first-order valence-corrected chi connectivity index (χ1v) is 6.96. The number of benzene rings is 1. The Kier molecular flexibility index (Phi) is 6.69. The fourth-order valence-corrected chi connectivity index (χ4v) is 1.37. The average molecular weight is 302 g/mol. The van der Waals surface area contributed by atoms with Crippen LogP contribution in [0, 0.1) is 0 Å². The molecular formula is C16H22N4O2. The van der Waals surface area contributed by atoms with Gasteiger partial charge in [-0.25, -0.2) is 0 Å². The SMILES string of the molecule is CC=C(C)NNC(=O)c1ccc(C(=O)NN/C(C)=C/C)cc1. The van der Waals surface area contributed by atoms with Crippen molar-refractivity contribution < 1.29 is 9.59 Å². The normalized spacial score (nSPS) is 11.6. The van der Waals surface area contributed by atoms with E-state index in [1.807, 2.05) is 39.8 Å². The Bertz CT molecular complexity index is 536. The summed E-state index contributed by atoms with van der Waals surface area (Å²) in [4.78, 5) is 23.8. The van der Waals surface area contributed by atoms with Crippen LogP contribution < -0.4 is 21.7 Å². The van der Waals surface area contributed by atoms with Gasteiger partial charge < -0.3 is 10.9 Å². The van der Waals surface area contributed by atoms with Crippen molar-refractivity contribution in [2.24, 2.45) is 0 Å². The molecular weight excluding hydrogens is 280 g/mol. The van der Waals surface area contributed by atoms with E-state index in [-0.39, 0.29) is 11.8 Å². The van der Waals surface area contributed by atoms with Crippen molar-refractivity contribution >= 4 is 11.8 Å². The van der Waals surface area contributed by atoms with Crippen LogP contribution in [0.1, 0.15) is 48.4 Å². The largest absolute Gasteiger partial charge is 0.303 e. The number of carbonyl (C=O) groups is 2. The number of hydrogen-bond acceptors (Lipinski definition) is 4. The van der Waals surface area contributed by atoms with E-state index >= 15 is 0 Å². The molecule has 0 bridgehead atoms. The predicted molar refractivity (Wildman–Crippen MR) is 86.5 cm³/mol. The third-order valence-electron chi connectivity index (χ3n) is 3.02. The molecule has 0 aromatic heterocycles. The molecule has 0 saturated carbocycles. The number of carbonyl (C=O) groups excluding carboxylic acids is 2. The molecule has 0 atom stereocenters. The van der Waals surface area contributed by atoms with Crippen molar-refractivity contribution in [2.45, 2.75) is 27.7 Å². The van der Waals surface area contributed by atoms with Gasteiger partial charge in [0.25, 0.3) is 11.8 Å². The van der Waals surface area contributed by atoms with Crippen molar-refractivity contribution in [1.82, 2.24) is 21.7 Å². The number of nitrogens with one attached hydrogen (secondary N) is 4. The maximum absolute atomic E-state index is 11.9. The first kappa shape index (κ1) is 17.3. The molecule has 0 heterocycles. The first-order valence-electron chi connectivity index (χ1n) is 6.96. The molecule has 0 aliphatic rings. The molecule has 6 nitrogen and oxygen atoms in total. The highest BCUT2D eigenvalue weighted by atomic mass is 16.2. The lowest BCUT2D eigenvalue weighted by Gasteiger charge is -2.10. The Labute approximate surface area is 130 Å². The Morgan fingerprint density at radius 3 is 1.32 bits per heavy atom. The van der Waals surface area contributed by atoms with Crippen LogP contribution in [0.25, 0.3) is 0 Å². The molecule has 6 heteroatoms. The highest BCUT2D eigenvalue weighted by molar-refractivity contribution is 5.97. The smallest absolute Gasteiger partial charge is 0.269 e. The molecule has 118 valence electrons. The third-order valence-corrected chi connectivity index (χ3v) is 3.02. The van der Waals surface area contributed by atoms with Crippen LogP contribution in [-0.4, -0.2) is 11.8 Å². The molecule has 0 fully saturated rings. The zero-order chi connectivity index (χ0) is 16.5. The summed E-state index contributed by atoms with van der Waals surface area (Å²) in [6.45, 7) is 7.41. The van der Waals surface area contributed by atoms with Gasteiger partial charge >= 0.3 is 0 Å². The van der Waals surface area contributed by atoms with E-state index in [2.05, 4.69) is 21.7 Å². The molecule has 0 aliphatic heterocycles. The van der Waals surface area contributed by atoms with E-state index < -0.39 is 0 Å². The molecule has 22 heavy (non-hydrogen) atoms. The van der Waals surface area contributed by atoms with Crippen molar-refractivity contribution in [3.05, 3.63) is 58.9 Å². The molecule has 0 radical (unpaired) electrons. The zero-order valence-corrected chi connectivity index (χ0v) is 13.3. The molecule has 0 aliphatic carbocycles. The summed E-state index contributed by atoms with van der Waals surface area (Å²) < 4.78 is 0. The van der Waals surface area contributed by atoms with Crippen LogP contribution in [0.5, 0.6) is 0 Å². The molecule has 4 N–H and O–H groups in total. The lowest BCUT2D eigenvalue weighted by molar-refractivity contribution is 0.0927. The molecule has 0 unspecified atom stereocenters. The van der Waals surface area contributed by atoms with E-state index in [1.165, 1.54) is 0 Å². The van der Waals surface area contributed by atoms with Gasteiger partial charge in [0.15, 0.2) is 0 Å². The molecule has 1 rings (SSSR count). The quantitative estimate of drug-likeness (QED) is 0.606. The van der Waals surface area contributed by atoms with Crippen molar-refractivity contribution in [2.75, 3.05) is 0 Å². The third kappa shape index (κ3) is 5.32. The second-order valence-electron chi connectivity index (χ2n) is 4.68. The lowest BCUT2D eigenvalue weighted by atomic mass is 10.1. The highest BCUT2D eigenvalue weighted by Gasteiger charge is 2.08. The highest BCUT2D eigenvalue weighted by Crippen LogP contribution is 2.04. The van der Waals surface area contributed by atoms with Gasteiger partial charge in [0.05, 0.1) is 0 Å². The molecule has 2 amide bonds. The van der Waals surface area contributed by atoms with Gasteiger partial charge in [-0.2, -0.15) is 0 Å². The van der Waals surface area contributed by atoms with E-state index in [0.717, 1.165) is 11.4 Å². The fourth-order valence-electron chi connectivity index (χ4n) is 1.37. The maximum atomic E-state index is 11.9. The van der Waals surface area contributed by atoms with Crippen LogP contribution in [0.3, 0.4) is 0 Å². The van der Waals surface area contributed by atoms with Gasteiger partial charge in [0.1, 0.15) is 0 Å². The van der Waals surface area contributed by atoms with Crippen molar-refractivity contribution in [3.8, 4) is 0 Å². The second kappa shape index (κ2) is 8.51. The van der Waals surface area contributed by atoms with E-state index in [1.54, 1.807) is 24.3 Å². The molecule has 1 aromatic rings. The maximum Gasteiger partial charge on any atom is 0.269 e. The fraction of sp³-hybridized carbons (Fsp3) is 0.250. The number of hydrogen-bond donors (Lipinski definition) is 4. The van der Waals surface area contributed by atoms with Gasteiger partial charge in [-0.15, -0.1) is 0 Å². The monoisotopic (exact) mass is 302 g/mol. The minimum Gasteiger partial charge on any atom is -0.303 e. The number of rotatable bonds is 6. The Morgan fingerprint density at radius 2 is 1.05 bits per heavy atom.